The van der Waals surface area contributed by atoms with Crippen molar-refractivity contribution >= 4 is 21.4 Å². The van der Waals surface area contributed by atoms with Gasteiger partial charge < -0.3 is 4.42 Å². The Hall–Kier alpha value is -1.15. The van der Waals surface area contributed by atoms with Crippen molar-refractivity contribution in [3.8, 4) is 0 Å². The van der Waals surface area contributed by atoms with Crippen molar-refractivity contribution < 1.29 is 12.8 Å². The van der Waals surface area contributed by atoms with Crippen molar-refractivity contribution in [3.63, 3.8) is 0 Å². The Morgan fingerprint density at radius 2 is 2.00 bits per heavy atom. The number of thiophene rings is 1. The lowest BCUT2D eigenvalue weighted by molar-refractivity contribution is 0.194. The molecule has 0 aliphatic rings. The van der Waals surface area contributed by atoms with Gasteiger partial charge in [0.2, 0.25) is 10.0 Å². The van der Waals surface area contributed by atoms with E-state index in [-0.39, 0.29) is 12.6 Å². The summed E-state index contributed by atoms with van der Waals surface area (Å²) in [7, 11) is -3.48. The zero-order chi connectivity index (χ0) is 16.2. The van der Waals surface area contributed by atoms with Crippen LogP contribution in [0.4, 0.5) is 0 Å². The van der Waals surface area contributed by atoms with E-state index < -0.39 is 10.0 Å². The van der Waals surface area contributed by atoms with Gasteiger partial charge in [0.1, 0.15) is 9.97 Å². The molecular formula is C15H22N2O3S2. The first-order chi connectivity index (χ1) is 10.5. The van der Waals surface area contributed by atoms with Crippen LogP contribution in [0.3, 0.4) is 0 Å². The molecule has 2 aromatic heterocycles. The van der Waals surface area contributed by atoms with E-state index in [1.165, 1.54) is 11.3 Å². The molecule has 7 heteroatoms. The summed E-state index contributed by atoms with van der Waals surface area (Å²) in [5.74, 6) is 0.772. The van der Waals surface area contributed by atoms with E-state index in [1.807, 2.05) is 25.1 Å². The van der Waals surface area contributed by atoms with Gasteiger partial charge in [-0.15, -0.1) is 11.3 Å². The molecule has 22 heavy (non-hydrogen) atoms. The Bertz CT molecular complexity index is 673. The van der Waals surface area contributed by atoms with Crippen LogP contribution in [-0.2, 0) is 10.0 Å². The highest BCUT2D eigenvalue weighted by atomic mass is 32.2. The zero-order valence-corrected chi connectivity index (χ0v) is 14.7. The van der Waals surface area contributed by atoms with Gasteiger partial charge in [0.15, 0.2) is 0 Å². The summed E-state index contributed by atoms with van der Waals surface area (Å²) in [5, 5.41) is 0. The molecule has 2 aromatic rings. The number of hydrogen-bond acceptors (Lipinski definition) is 5. The average Bonchev–Trinajstić information content (AvgIpc) is 3.15. The van der Waals surface area contributed by atoms with Gasteiger partial charge in [0.25, 0.3) is 0 Å². The molecule has 0 spiro atoms. The normalized spacial score (nSPS) is 13.6. The summed E-state index contributed by atoms with van der Waals surface area (Å²) < 4.78 is 33.3. The first-order valence-electron chi connectivity index (χ1n) is 7.31. The fraction of sp³-hybridized carbons (Fsp3) is 0.467. The highest BCUT2D eigenvalue weighted by Gasteiger charge is 2.24. The number of rotatable bonds is 8. The summed E-state index contributed by atoms with van der Waals surface area (Å²) in [5.41, 5.74) is 0. The number of nitrogens with one attached hydrogen (secondary N) is 1. The van der Waals surface area contributed by atoms with E-state index in [0.29, 0.717) is 4.21 Å². The number of sulfonamides is 1. The molecule has 1 N–H and O–H groups in total. The van der Waals surface area contributed by atoms with Crippen molar-refractivity contribution in [1.82, 2.24) is 9.62 Å². The smallest absolute Gasteiger partial charge is 0.250 e. The van der Waals surface area contributed by atoms with Crippen molar-refractivity contribution in [2.75, 3.05) is 19.6 Å². The van der Waals surface area contributed by atoms with Crippen molar-refractivity contribution in [2.24, 2.45) is 0 Å². The topological polar surface area (TPSA) is 62.6 Å². The highest BCUT2D eigenvalue weighted by Crippen LogP contribution is 2.23. The molecule has 0 radical (unpaired) electrons. The van der Waals surface area contributed by atoms with Gasteiger partial charge in [-0.25, -0.2) is 13.1 Å². The van der Waals surface area contributed by atoms with Crippen LogP contribution in [0.25, 0.3) is 0 Å². The second kappa shape index (κ2) is 7.41. The minimum Gasteiger partial charge on any atom is -0.468 e. The molecule has 2 heterocycles. The van der Waals surface area contributed by atoms with E-state index in [9.17, 15) is 8.42 Å². The van der Waals surface area contributed by atoms with E-state index in [1.54, 1.807) is 12.3 Å². The van der Waals surface area contributed by atoms with Gasteiger partial charge in [0.05, 0.1) is 12.3 Å². The molecule has 0 saturated heterocycles. The predicted octanol–water partition coefficient (Wildman–Crippen LogP) is 3.01. The SMILES string of the molecule is CCN(CC)[C@H](CNS(=O)(=O)c1ccc(C)s1)c1ccco1. The Morgan fingerprint density at radius 3 is 2.50 bits per heavy atom. The van der Waals surface area contributed by atoms with Gasteiger partial charge in [-0.1, -0.05) is 13.8 Å². The Kier molecular flexibility index (Phi) is 5.80. The quantitative estimate of drug-likeness (QED) is 0.801. The lowest BCUT2D eigenvalue weighted by atomic mass is 10.2. The molecule has 0 bridgehead atoms. The van der Waals surface area contributed by atoms with E-state index >= 15 is 0 Å². The third-order valence-electron chi connectivity index (χ3n) is 3.57. The molecule has 0 amide bonds. The molecule has 0 aliphatic heterocycles. The molecule has 1 atom stereocenters. The molecule has 5 nitrogen and oxygen atoms in total. The summed E-state index contributed by atoms with van der Waals surface area (Å²) >= 11 is 1.28. The zero-order valence-electron chi connectivity index (χ0n) is 13.1. The first-order valence-corrected chi connectivity index (χ1v) is 9.61. The molecule has 122 valence electrons. The van der Waals surface area contributed by atoms with Gasteiger partial charge in [-0.05, 0) is 44.3 Å². The van der Waals surface area contributed by atoms with Gasteiger partial charge in [0, 0.05) is 11.4 Å². The Labute approximate surface area is 136 Å². The molecule has 2 rings (SSSR count). The third kappa shape index (κ3) is 3.98. The fourth-order valence-electron chi connectivity index (χ4n) is 2.37. The van der Waals surface area contributed by atoms with Crippen molar-refractivity contribution in [3.05, 3.63) is 41.2 Å². The molecule has 0 aromatic carbocycles. The third-order valence-corrected chi connectivity index (χ3v) is 6.49. The summed E-state index contributed by atoms with van der Waals surface area (Å²) in [6.07, 6.45) is 1.61. The maximum atomic E-state index is 12.4. The minimum atomic E-state index is -3.48. The van der Waals surface area contributed by atoms with Crippen LogP contribution in [-0.4, -0.2) is 33.0 Å². The molecule has 0 aliphatic carbocycles. The molecule has 0 saturated carbocycles. The van der Waals surface area contributed by atoms with Crippen molar-refractivity contribution in [1.29, 1.82) is 0 Å². The van der Waals surface area contributed by atoms with Crippen LogP contribution >= 0.6 is 11.3 Å². The second-order valence-corrected chi connectivity index (χ2v) is 8.25. The van der Waals surface area contributed by atoms with Gasteiger partial charge in [-0.3, -0.25) is 4.90 Å². The van der Waals surface area contributed by atoms with Crippen LogP contribution in [0.15, 0.2) is 39.2 Å². The van der Waals surface area contributed by atoms with Crippen molar-refractivity contribution in [2.45, 2.75) is 31.0 Å². The second-order valence-electron chi connectivity index (χ2n) is 4.97. The van der Waals surface area contributed by atoms with Gasteiger partial charge in [-0.2, -0.15) is 0 Å². The minimum absolute atomic E-state index is 0.110. The number of aryl methyl sites for hydroxylation is 1. The van der Waals surface area contributed by atoms with E-state index in [4.69, 9.17) is 4.42 Å². The highest BCUT2D eigenvalue weighted by molar-refractivity contribution is 7.91. The maximum absolute atomic E-state index is 12.4. The molecular weight excluding hydrogens is 320 g/mol. The largest absolute Gasteiger partial charge is 0.468 e. The maximum Gasteiger partial charge on any atom is 0.250 e. The predicted molar refractivity (Wildman–Crippen MR) is 88.6 cm³/mol. The summed E-state index contributed by atoms with van der Waals surface area (Å²) in [6, 6.07) is 7.05. The van der Waals surface area contributed by atoms with Crippen LogP contribution < -0.4 is 4.72 Å². The lowest BCUT2D eigenvalue weighted by Crippen LogP contribution is -2.37. The Balaban J connectivity index is 2.14. The monoisotopic (exact) mass is 342 g/mol. The summed E-state index contributed by atoms with van der Waals surface area (Å²) in [6.45, 7) is 7.93. The number of nitrogens with zero attached hydrogens (tertiary/aromatic N) is 1. The Morgan fingerprint density at radius 1 is 1.27 bits per heavy atom. The fourth-order valence-corrected chi connectivity index (χ4v) is 4.74. The number of furan rings is 1. The van der Waals surface area contributed by atoms with Crippen LogP contribution in [0.5, 0.6) is 0 Å². The standard InChI is InChI=1S/C15H22N2O3S2/c1-4-17(5-2)13(14-7-6-10-20-14)11-16-22(18,19)15-9-8-12(3)21-15/h6-10,13,16H,4-5,11H2,1-3H3/t13-/m1/s1. The first kappa shape index (κ1) is 17.2. The summed E-state index contributed by atoms with van der Waals surface area (Å²) in [4.78, 5) is 3.15. The van der Waals surface area contributed by atoms with E-state index in [0.717, 1.165) is 23.7 Å². The molecule has 0 unspecified atom stereocenters. The lowest BCUT2D eigenvalue weighted by Gasteiger charge is -2.28. The van der Waals surface area contributed by atoms with Crippen LogP contribution in [0, 0.1) is 6.92 Å². The van der Waals surface area contributed by atoms with Gasteiger partial charge >= 0.3 is 0 Å². The number of likely N-dealkylation sites (N-methyl/N-ethyl adjacent to an activating group) is 1. The van der Waals surface area contributed by atoms with Crippen LogP contribution in [0.1, 0.15) is 30.5 Å². The van der Waals surface area contributed by atoms with Crippen LogP contribution in [0.2, 0.25) is 0 Å². The molecule has 0 fully saturated rings. The average molecular weight is 342 g/mol. The van der Waals surface area contributed by atoms with E-state index in [2.05, 4.69) is 23.5 Å². The number of hydrogen-bond donors (Lipinski definition) is 1.